The molecular weight excluding hydrogens is 422 g/mol. The Morgan fingerprint density at radius 2 is 1.52 bits per heavy atom. The Balaban J connectivity index is 1.75. The number of nitrogens with zero attached hydrogens (tertiary/aromatic N) is 5. The Labute approximate surface area is 192 Å². The van der Waals surface area contributed by atoms with E-state index in [1.807, 2.05) is 36.0 Å². The molecule has 1 saturated heterocycles. The van der Waals surface area contributed by atoms with Crippen LogP contribution in [0.4, 0.5) is 17.1 Å². The quantitative estimate of drug-likeness (QED) is 0.380. The van der Waals surface area contributed by atoms with Crippen LogP contribution >= 0.6 is 0 Å². The van der Waals surface area contributed by atoms with Crippen molar-refractivity contribution in [2.24, 2.45) is 0 Å². The van der Waals surface area contributed by atoms with Gasteiger partial charge in [-0.3, -0.25) is 19.7 Å². The Bertz CT molecular complexity index is 1100. The first-order valence-electron chi connectivity index (χ1n) is 10.9. The molecule has 2 heterocycles. The molecule has 9 nitrogen and oxygen atoms in total. The Kier molecular flexibility index (Phi) is 6.15. The lowest BCUT2D eigenvalue weighted by atomic mass is 10.0. The van der Waals surface area contributed by atoms with E-state index in [4.69, 9.17) is 0 Å². The highest BCUT2D eigenvalue weighted by Gasteiger charge is 2.43. The third-order valence-corrected chi connectivity index (χ3v) is 6.19. The molecule has 0 N–H and O–H groups in total. The first-order valence-corrected chi connectivity index (χ1v) is 10.9. The SMILES string of the molecule is CCN1CCN(C2=C(c3ccc([N+](=O)[O-])cc3)C(=O)N(c3ccc(N(C)C)cc3)C2=O)CC1. The first-order chi connectivity index (χ1) is 15.8. The molecule has 0 spiro atoms. The number of anilines is 2. The second kappa shape index (κ2) is 9.03. The molecule has 33 heavy (non-hydrogen) atoms. The molecule has 2 aromatic carbocycles. The number of carbonyl (C=O) groups excluding carboxylic acids is 2. The fourth-order valence-electron chi connectivity index (χ4n) is 4.24. The topological polar surface area (TPSA) is 90.2 Å². The van der Waals surface area contributed by atoms with Crippen molar-refractivity contribution in [3.63, 3.8) is 0 Å². The average molecular weight is 450 g/mol. The van der Waals surface area contributed by atoms with Crippen molar-refractivity contribution in [3.05, 3.63) is 69.9 Å². The fraction of sp³-hybridized carbons (Fsp3) is 0.333. The number of amides is 2. The average Bonchev–Trinajstić information content (AvgIpc) is 3.09. The number of non-ortho nitro benzene ring substituents is 1. The van der Waals surface area contributed by atoms with Gasteiger partial charge in [-0.1, -0.05) is 6.92 Å². The lowest BCUT2D eigenvalue weighted by Crippen LogP contribution is -2.47. The highest BCUT2D eigenvalue weighted by Crippen LogP contribution is 2.36. The van der Waals surface area contributed by atoms with Gasteiger partial charge in [0.2, 0.25) is 0 Å². The van der Waals surface area contributed by atoms with E-state index in [1.54, 1.807) is 24.3 Å². The number of rotatable bonds is 6. The maximum Gasteiger partial charge on any atom is 0.282 e. The van der Waals surface area contributed by atoms with Gasteiger partial charge in [-0.05, 0) is 48.5 Å². The van der Waals surface area contributed by atoms with Gasteiger partial charge >= 0.3 is 0 Å². The van der Waals surface area contributed by atoms with Gasteiger partial charge in [-0.15, -0.1) is 0 Å². The van der Waals surface area contributed by atoms with Gasteiger partial charge in [0.05, 0.1) is 16.2 Å². The van der Waals surface area contributed by atoms with Gasteiger partial charge < -0.3 is 14.7 Å². The number of imide groups is 1. The summed E-state index contributed by atoms with van der Waals surface area (Å²) in [5, 5.41) is 11.1. The Hall–Kier alpha value is -3.72. The van der Waals surface area contributed by atoms with E-state index < -0.39 is 10.8 Å². The molecule has 0 aliphatic carbocycles. The van der Waals surface area contributed by atoms with Crippen LogP contribution in [0.5, 0.6) is 0 Å². The van der Waals surface area contributed by atoms with E-state index in [0.717, 1.165) is 25.3 Å². The van der Waals surface area contributed by atoms with E-state index in [1.165, 1.54) is 17.0 Å². The predicted octanol–water partition coefficient (Wildman–Crippen LogP) is 2.58. The number of hydrogen-bond acceptors (Lipinski definition) is 7. The zero-order valence-electron chi connectivity index (χ0n) is 19.0. The molecular formula is C24H27N5O4. The van der Waals surface area contributed by atoms with Gasteiger partial charge in [0, 0.05) is 58.1 Å². The van der Waals surface area contributed by atoms with Crippen molar-refractivity contribution in [2.45, 2.75) is 6.92 Å². The normalized spacial score (nSPS) is 17.2. The summed E-state index contributed by atoms with van der Waals surface area (Å²) in [6.45, 7) is 5.89. The number of likely N-dealkylation sites (N-methyl/N-ethyl adjacent to an activating group) is 1. The summed E-state index contributed by atoms with van der Waals surface area (Å²) in [5.74, 6) is -0.782. The Morgan fingerprint density at radius 3 is 2.03 bits per heavy atom. The van der Waals surface area contributed by atoms with Crippen molar-refractivity contribution in [1.29, 1.82) is 0 Å². The largest absolute Gasteiger partial charge is 0.378 e. The van der Waals surface area contributed by atoms with E-state index in [0.29, 0.717) is 30.0 Å². The van der Waals surface area contributed by atoms with E-state index in [-0.39, 0.29) is 17.2 Å². The van der Waals surface area contributed by atoms with E-state index >= 15 is 0 Å². The van der Waals surface area contributed by atoms with Crippen molar-refractivity contribution in [3.8, 4) is 0 Å². The van der Waals surface area contributed by atoms with Crippen LogP contribution in [-0.4, -0.2) is 73.4 Å². The van der Waals surface area contributed by atoms with Crippen molar-refractivity contribution >= 4 is 34.4 Å². The summed E-state index contributed by atoms with van der Waals surface area (Å²) < 4.78 is 0. The lowest BCUT2D eigenvalue weighted by molar-refractivity contribution is -0.384. The molecule has 9 heteroatoms. The van der Waals surface area contributed by atoms with Gasteiger partial charge in [0.15, 0.2) is 0 Å². The molecule has 1 fully saturated rings. The first kappa shape index (κ1) is 22.5. The summed E-state index contributed by atoms with van der Waals surface area (Å²) >= 11 is 0. The maximum absolute atomic E-state index is 13.6. The smallest absolute Gasteiger partial charge is 0.282 e. The summed E-state index contributed by atoms with van der Waals surface area (Å²) in [6, 6.07) is 13.0. The standard InChI is InChI=1S/C24H27N5O4/c1-4-26-13-15-27(16-14-26)22-21(17-5-7-20(8-6-17)29(32)33)23(30)28(24(22)31)19-11-9-18(10-12-19)25(2)3/h5-12H,4,13-16H2,1-3H3. The highest BCUT2D eigenvalue weighted by atomic mass is 16.6. The van der Waals surface area contributed by atoms with Crippen LogP contribution < -0.4 is 9.80 Å². The molecule has 0 bridgehead atoms. The van der Waals surface area contributed by atoms with Gasteiger partial charge in [-0.25, -0.2) is 4.90 Å². The van der Waals surface area contributed by atoms with E-state index in [2.05, 4.69) is 11.8 Å². The van der Waals surface area contributed by atoms with Crippen LogP contribution in [0.2, 0.25) is 0 Å². The lowest BCUT2D eigenvalue weighted by Gasteiger charge is -2.36. The molecule has 2 amide bonds. The third-order valence-electron chi connectivity index (χ3n) is 6.19. The van der Waals surface area contributed by atoms with Crippen LogP contribution in [0.25, 0.3) is 5.57 Å². The molecule has 2 aromatic rings. The number of hydrogen-bond donors (Lipinski definition) is 0. The summed E-state index contributed by atoms with van der Waals surface area (Å²) in [4.78, 5) is 45.2. The maximum atomic E-state index is 13.6. The minimum Gasteiger partial charge on any atom is -0.378 e. The summed E-state index contributed by atoms with van der Waals surface area (Å²) in [6.07, 6.45) is 0. The molecule has 0 radical (unpaired) electrons. The predicted molar refractivity (Wildman–Crippen MR) is 127 cm³/mol. The van der Waals surface area contributed by atoms with Gasteiger partial charge in [0.1, 0.15) is 5.70 Å². The fourth-order valence-corrected chi connectivity index (χ4v) is 4.24. The van der Waals surface area contributed by atoms with Crippen molar-refractivity contribution < 1.29 is 14.5 Å². The van der Waals surface area contributed by atoms with Crippen LogP contribution in [-0.2, 0) is 9.59 Å². The second-order valence-electron chi connectivity index (χ2n) is 8.31. The van der Waals surface area contributed by atoms with Crippen molar-refractivity contribution in [1.82, 2.24) is 9.80 Å². The van der Waals surface area contributed by atoms with Gasteiger partial charge in [-0.2, -0.15) is 0 Å². The molecule has 0 aromatic heterocycles. The second-order valence-corrected chi connectivity index (χ2v) is 8.31. The van der Waals surface area contributed by atoms with E-state index in [9.17, 15) is 19.7 Å². The number of nitro benzene ring substituents is 1. The molecule has 2 aliphatic rings. The van der Waals surface area contributed by atoms with Gasteiger partial charge in [0.25, 0.3) is 17.5 Å². The molecule has 0 atom stereocenters. The van der Waals surface area contributed by atoms with Crippen LogP contribution in [0.15, 0.2) is 54.2 Å². The molecule has 172 valence electrons. The third kappa shape index (κ3) is 4.19. The van der Waals surface area contributed by atoms with Crippen molar-refractivity contribution in [2.75, 3.05) is 56.6 Å². The summed E-state index contributed by atoms with van der Waals surface area (Å²) in [7, 11) is 3.84. The summed E-state index contributed by atoms with van der Waals surface area (Å²) in [5.41, 5.74) is 2.54. The molecule has 4 rings (SSSR count). The number of piperazine rings is 1. The zero-order chi connectivity index (χ0) is 23.7. The minimum absolute atomic E-state index is 0.0645. The molecule has 0 unspecified atom stereocenters. The Morgan fingerprint density at radius 1 is 0.909 bits per heavy atom. The zero-order valence-corrected chi connectivity index (χ0v) is 19.0. The number of benzene rings is 2. The van der Waals surface area contributed by atoms with Crippen LogP contribution in [0, 0.1) is 10.1 Å². The molecule has 2 aliphatic heterocycles. The monoisotopic (exact) mass is 449 g/mol. The molecule has 0 saturated carbocycles. The van der Waals surface area contributed by atoms with Crippen LogP contribution in [0.1, 0.15) is 12.5 Å². The number of nitro groups is 1. The minimum atomic E-state index is -0.483. The highest BCUT2D eigenvalue weighted by molar-refractivity contribution is 6.45. The number of carbonyl (C=O) groups is 2. The van der Waals surface area contributed by atoms with Crippen LogP contribution in [0.3, 0.4) is 0 Å².